The van der Waals surface area contributed by atoms with Gasteiger partial charge in [-0.2, -0.15) is 13.2 Å². The number of piperidine rings is 1. The summed E-state index contributed by atoms with van der Waals surface area (Å²) in [4.78, 5) is 26.8. The first-order valence-electron chi connectivity index (χ1n) is 10.0. The SMILES string of the molecule is O=C(CCCN1CCC(O)(C(=O)c2cccc(C(F)(F)F)c2)CC1)c1ccc(F)cc1. The van der Waals surface area contributed by atoms with E-state index in [-0.39, 0.29) is 30.6 Å². The molecule has 0 saturated carbocycles. The minimum Gasteiger partial charge on any atom is -0.382 e. The van der Waals surface area contributed by atoms with Crippen LogP contribution in [0.2, 0.25) is 0 Å². The van der Waals surface area contributed by atoms with Crippen molar-refractivity contribution in [2.75, 3.05) is 19.6 Å². The monoisotopic (exact) mass is 437 g/mol. The van der Waals surface area contributed by atoms with Crippen LogP contribution in [0.25, 0.3) is 0 Å². The van der Waals surface area contributed by atoms with E-state index in [0.717, 1.165) is 18.2 Å². The summed E-state index contributed by atoms with van der Waals surface area (Å²) in [6.07, 6.45) is -3.50. The predicted molar refractivity (Wildman–Crippen MR) is 106 cm³/mol. The molecule has 0 aliphatic carbocycles. The first-order chi connectivity index (χ1) is 14.6. The summed E-state index contributed by atoms with van der Waals surface area (Å²) in [7, 11) is 0. The molecule has 1 saturated heterocycles. The molecule has 1 fully saturated rings. The lowest BCUT2D eigenvalue weighted by atomic mass is 9.83. The van der Waals surface area contributed by atoms with Crippen molar-refractivity contribution in [3.05, 3.63) is 71.0 Å². The summed E-state index contributed by atoms with van der Waals surface area (Å²) < 4.78 is 51.6. The maximum absolute atomic E-state index is 12.9. The van der Waals surface area contributed by atoms with Crippen LogP contribution in [0.15, 0.2) is 48.5 Å². The maximum atomic E-state index is 12.9. The lowest BCUT2D eigenvalue weighted by Gasteiger charge is -2.37. The van der Waals surface area contributed by atoms with Crippen molar-refractivity contribution in [2.24, 2.45) is 0 Å². The summed E-state index contributed by atoms with van der Waals surface area (Å²) in [6.45, 7) is 1.37. The second-order valence-electron chi connectivity index (χ2n) is 7.81. The van der Waals surface area contributed by atoms with Crippen molar-refractivity contribution >= 4 is 11.6 Å². The minimum atomic E-state index is -4.56. The minimum absolute atomic E-state index is 0.0896. The number of benzene rings is 2. The van der Waals surface area contributed by atoms with Crippen LogP contribution in [0.5, 0.6) is 0 Å². The van der Waals surface area contributed by atoms with Gasteiger partial charge in [0.05, 0.1) is 5.56 Å². The van der Waals surface area contributed by atoms with Crippen LogP contribution in [0.1, 0.15) is 52.0 Å². The van der Waals surface area contributed by atoms with Crippen LogP contribution in [-0.2, 0) is 6.18 Å². The van der Waals surface area contributed by atoms with E-state index in [0.29, 0.717) is 31.6 Å². The molecular weight excluding hydrogens is 414 g/mol. The fourth-order valence-corrected chi connectivity index (χ4v) is 3.72. The van der Waals surface area contributed by atoms with Crippen LogP contribution >= 0.6 is 0 Å². The molecule has 0 spiro atoms. The average molecular weight is 437 g/mol. The van der Waals surface area contributed by atoms with Gasteiger partial charge < -0.3 is 10.0 Å². The van der Waals surface area contributed by atoms with Crippen LogP contribution in [0.3, 0.4) is 0 Å². The highest BCUT2D eigenvalue weighted by Gasteiger charge is 2.40. The first kappa shape index (κ1) is 23.1. The molecule has 8 heteroatoms. The standard InChI is InChI=1S/C23H23F4NO3/c24-19-8-6-16(7-9-19)20(29)5-2-12-28-13-10-22(31,11-14-28)21(30)17-3-1-4-18(15-17)23(25,26)27/h1,3-4,6-9,15,31H,2,5,10-14H2. The Balaban J connectivity index is 1.51. The number of halogens is 4. The largest absolute Gasteiger partial charge is 0.416 e. The second kappa shape index (κ2) is 9.28. The molecule has 1 aliphatic rings. The van der Waals surface area contributed by atoms with Gasteiger partial charge in [-0.15, -0.1) is 0 Å². The normalized spacial score (nSPS) is 16.8. The number of rotatable bonds is 7. The molecule has 31 heavy (non-hydrogen) atoms. The summed E-state index contributed by atoms with van der Waals surface area (Å²) >= 11 is 0. The molecule has 1 N–H and O–H groups in total. The van der Waals surface area contributed by atoms with Gasteiger partial charge >= 0.3 is 6.18 Å². The van der Waals surface area contributed by atoms with Crippen LogP contribution < -0.4 is 0 Å². The lowest BCUT2D eigenvalue weighted by molar-refractivity contribution is -0.137. The Morgan fingerprint density at radius 3 is 2.26 bits per heavy atom. The quantitative estimate of drug-likeness (QED) is 0.511. The van der Waals surface area contributed by atoms with E-state index in [1.807, 2.05) is 4.90 Å². The van der Waals surface area contributed by atoms with Crippen molar-refractivity contribution < 1.29 is 32.3 Å². The van der Waals surface area contributed by atoms with Gasteiger partial charge in [0, 0.05) is 30.6 Å². The van der Waals surface area contributed by atoms with E-state index in [1.54, 1.807) is 0 Å². The molecule has 3 rings (SSSR count). The third kappa shape index (κ3) is 5.77. The Morgan fingerprint density at radius 2 is 1.65 bits per heavy atom. The van der Waals surface area contributed by atoms with E-state index in [2.05, 4.69) is 0 Å². The van der Waals surface area contributed by atoms with Gasteiger partial charge in [0.15, 0.2) is 11.6 Å². The number of hydrogen-bond donors (Lipinski definition) is 1. The van der Waals surface area contributed by atoms with Gasteiger partial charge in [0.25, 0.3) is 0 Å². The zero-order valence-corrected chi connectivity index (χ0v) is 16.8. The summed E-state index contributed by atoms with van der Waals surface area (Å²) in [5.74, 6) is -1.20. The number of hydrogen-bond acceptors (Lipinski definition) is 4. The Hall–Kier alpha value is -2.58. The molecule has 166 valence electrons. The lowest BCUT2D eigenvalue weighted by Crippen LogP contribution is -2.49. The van der Waals surface area contributed by atoms with Crippen molar-refractivity contribution in [1.82, 2.24) is 4.90 Å². The zero-order chi connectivity index (χ0) is 22.6. The number of alkyl halides is 3. The number of likely N-dealkylation sites (tertiary alicyclic amines) is 1. The van der Waals surface area contributed by atoms with Crippen LogP contribution in [-0.4, -0.2) is 46.8 Å². The molecule has 0 bridgehead atoms. The fraction of sp³-hybridized carbons (Fsp3) is 0.391. The molecule has 2 aromatic carbocycles. The highest BCUT2D eigenvalue weighted by atomic mass is 19.4. The molecule has 0 atom stereocenters. The molecule has 0 unspecified atom stereocenters. The topological polar surface area (TPSA) is 57.6 Å². The van der Waals surface area contributed by atoms with Crippen LogP contribution in [0.4, 0.5) is 17.6 Å². The number of carbonyl (C=O) groups excluding carboxylic acids is 2. The van der Waals surface area contributed by atoms with Crippen molar-refractivity contribution in [3.63, 3.8) is 0 Å². The number of nitrogens with zero attached hydrogens (tertiary/aromatic N) is 1. The highest BCUT2D eigenvalue weighted by molar-refractivity contribution is 6.02. The average Bonchev–Trinajstić information content (AvgIpc) is 2.74. The van der Waals surface area contributed by atoms with Crippen molar-refractivity contribution in [2.45, 2.75) is 37.5 Å². The molecule has 0 radical (unpaired) electrons. The summed E-state index contributed by atoms with van der Waals surface area (Å²) in [5, 5.41) is 10.7. The fourth-order valence-electron chi connectivity index (χ4n) is 3.72. The highest BCUT2D eigenvalue weighted by Crippen LogP contribution is 2.32. The van der Waals surface area contributed by atoms with E-state index >= 15 is 0 Å². The van der Waals surface area contributed by atoms with Crippen LogP contribution in [0, 0.1) is 5.82 Å². The smallest absolute Gasteiger partial charge is 0.382 e. The molecule has 0 aromatic heterocycles. The number of Topliss-reactive ketones (excluding diaryl/α,β-unsaturated/α-hetero) is 2. The Bertz CT molecular complexity index is 933. The maximum Gasteiger partial charge on any atom is 0.416 e. The van der Waals surface area contributed by atoms with Gasteiger partial charge in [-0.1, -0.05) is 12.1 Å². The van der Waals surface area contributed by atoms with E-state index in [9.17, 15) is 32.3 Å². The van der Waals surface area contributed by atoms with E-state index < -0.39 is 28.9 Å². The van der Waals surface area contributed by atoms with Gasteiger partial charge in [-0.05, 0) is 62.2 Å². The van der Waals surface area contributed by atoms with Gasteiger partial charge in [-0.25, -0.2) is 4.39 Å². The van der Waals surface area contributed by atoms with Gasteiger partial charge in [0.2, 0.25) is 0 Å². The second-order valence-corrected chi connectivity index (χ2v) is 7.81. The van der Waals surface area contributed by atoms with Gasteiger partial charge in [0.1, 0.15) is 11.4 Å². The molecule has 0 amide bonds. The molecule has 4 nitrogen and oxygen atoms in total. The number of ketones is 2. The third-order valence-corrected chi connectivity index (χ3v) is 5.60. The first-order valence-corrected chi connectivity index (χ1v) is 10.0. The Kier molecular flexibility index (Phi) is 6.91. The Morgan fingerprint density at radius 1 is 1.00 bits per heavy atom. The predicted octanol–water partition coefficient (Wildman–Crippen LogP) is 4.52. The Labute approximate surface area is 177 Å². The van der Waals surface area contributed by atoms with E-state index in [4.69, 9.17) is 0 Å². The van der Waals surface area contributed by atoms with Crippen molar-refractivity contribution in [1.29, 1.82) is 0 Å². The molecule has 1 aliphatic heterocycles. The van der Waals surface area contributed by atoms with Crippen molar-refractivity contribution in [3.8, 4) is 0 Å². The number of carbonyl (C=O) groups is 2. The summed E-state index contributed by atoms with van der Waals surface area (Å²) in [6, 6.07) is 9.45. The molecule has 2 aromatic rings. The molecule has 1 heterocycles. The van der Waals surface area contributed by atoms with Gasteiger partial charge in [-0.3, -0.25) is 9.59 Å². The molecular formula is C23H23F4NO3. The zero-order valence-electron chi connectivity index (χ0n) is 16.8. The van der Waals surface area contributed by atoms with E-state index in [1.165, 1.54) is 30.3 Å². The number of aliphatic hydroxyl groups is 1. The summed E-state index contributed by atoms with van der Waals surface area (Å²) in [5.41, 5.74) is -2.34. The third-order valence-electron chi connectivity index (χ3n) is 5.60.